The van der Waals surface area contributed by atoms with Gasteiger partial charge in [0.05, 0.1) is 18.2 Å². The van der Waals surface area contributed by atoms with Crippen LogP contribution in [0.5, 0.6) is 6.01 Å². The number of aryl methyl sites for hydroxylation is 2. The van der Waals surface area contributed by atoms with Gasteiger partial charge >= 0.3 is 6.01 Å². The van der Waals surface area contributed by atoms with Crippen molar-refractivity contribution in [3.8, 4) is 17.3 Å². The number of fused-ring (bicyclic) bond motifs is 2. The van der Waals surface area contributed by atoms with E-state index in [0.717, 1.165) is 12.1 Å². The summed E-state index contributed by atoms with van der Waals surface area (Å²) in [6.07, 6.45) is 2.93. The second kappa shape index (κ2) is 11.7. The van der Waals surface area contributed by atoms with Crippen molar-refractivity contribution < 1.29 is 27.1 Å². The van der Waals surface area contributed by atoms with Gasteiger partial charge in [0.25, 0.3) is 5.91 Å². The molecule has 0 radical (unpaired) electrons. The van der Waals surface area contributed by atoms with E-state index in [1.165, 1.54) is 30.3 Å². The van der Waals surface area contributed by atoms with Gasteiger partial charge in [0.2, 0.25) is 0 Å². The Labute approximate surface area is 255 Å². The van der Waals surface area contributed by atoms with Crippen molar-refractivity contribution in [2.75, 3.05) is 32.1 Å². The van der Waals surface area contributed by atoms with Crippen molar-refractivity contribution in [3.63, 3.8) is 0 Å². The smallest absolute Gasteiger partial charge is 0.318 e. The van der Waals surface area contributed by atoms with Crippen molar-refractivity contribution in [3.05, 3.63) is 83.1 Å². The van der Waals surface area contributed by atoms with Gasteiger partial charge in [-0.25, -0.2) is 27.5 Å². The number of anilines is 1. The van der Waals surface area contributed by atoms with Crippen molar-refractivity contribution in [1.82, 2.24) is 29.8 Å². The normalized spacial score (nSPS) is 15.2. The predicted octanol–water partition coefficient (Wildman–Crippen LogP) is 5.73. The Morgan fingerprint density at radius 2 is 1.87 bits per heavy atom. The standard InChI is InChI=1S/C32H27F4N7O2/c1-16-12-19(39-17(2)38-16)13-24(34)31(44)43-11-10-20(15-43)42(3)30-22-14-37-28(27(36)29(22)40-32(41-30)45-4)21-7-5-6-18-8-9-23(33)26(35)25(18)21/h5-9,12-14,20H,10-11,15H2,1-4H3/b24-13-/t20-/m1/s1. The maximum Gasteiger partial charge on any atom is 0.318 e. The lowest BCUT2D eigenvalue weighted by molar-refractivity contribution is -0.127. The quantitative estimate of drug-likeness (QED) is 0.176. The number of likely N-dealkylation sites (N-methyl/N-ethyl adjacent to an activating group) is 1. The lowest BCUT2D eigenvalue weighted by Gasteiger charge is -2.27. The van der Waals surface area contributed by atoms with Crippen LogP contribution in [0.4, 0.5) is 23.4 Å². The monoisotopic (exact) mass is 617 g/mol. The third-order valence-electron chi connectivity index (χ3n) is 7.81. The highest BCUT2D eigenvalue weighted by Crippen LogP contribution is 2.36. The molecule has 0 bridgehead atoms. The summed E-state index contributed by atoms with van der Waals surface area (Å²) in [6, 6.07) is 8.20. The second-order valence-corrected chi connectivity index (χ2v) is 10.8. The summed E-state index contributed by atoms with van der Waals surface area (Å²) >= 11 is 0. The van der Waals surface area contributed by atoms with E-state index in [9.17, 15) is 18.0 Å². The number of hydrogen-bond acceptors (Lipinski definition) is 8. The van der Waals surface area contributed by atoms with Crippen LogP contribution in [-0.4, -0.2) is 69.0 Å². The van der Waals surface area contributed by atoms with E-state index in [1.54, 1.807) is 44.0 Å². The Hall–Kier alpha value is -5.20. The fourth-order valence-corrected chi connectivity index (χ4v) is 5.65. The maximum absolute atomic E-state index is 16.2. The van der Waals surface area contributed by atoms with Crippen molar-refractivity contribution >= 4 is 39.5 Å². The minimum absolute atomic E-state index is 0.0590. The van der Waals surface area contributed by atoms with Gasteiger partial charge in [-0.05, 0) is 37.8 Å². The number of halogens is 4. The maximum atomic E-state index is 16.2. The summed E-state index contributed by atoms with van der Waals surface area (Å²) in [5.41, 5.74) is 0.645. The van der Waals surface area contributed by atoms with Gasteiger partial charge in [-0.3, -0.25) is 9.78 Å². The Morgan fingerprint density at radius 3 is 2.62 bits per heavy atom. The molecule has 2 aromatic carbocycles. The molecule has 0 saturated carbocycles. The summed E-state index contributed by atoms with van der Waals surface area (Å²) in [4.78, 5) is 37.4. The summed E-state index contributed by atoms with van der Waals surface area (Å²) in [7, 11) is 3.05. The number of rotatable bonds is 6. The van der Waals surface area contributed by atoms with Crippen LogP contribution in [0.25, 0.3) is 39.0 Å². The summed E-state index contributed by atoms with van der Waals surface area (Å²) < 4.78 is 65.5. The van der Waals surface area contributed by atoms with Crippen LogP contribution in [0.3, 0.4) is 0 Å². The van der Waals surface area contributed by atoms with E-state index in [4.69, 9.17) is 4.74 Å². The van der Waals surface area contributed by atoms with E-state index < -0.39 is 29.2 Å². The number of benzene rings is 2. The number of nitrogens with zero attached hydrogens (tertiary/aromatic N) is 7. The molecule has 6 rings (SSSR count). The van der Waals surface area contributed by atoms with Crippen LogP contribution >= 0.6 is 0 Å². The Kier molecular flexibility index (Phi) is 7.77. The predicted molar refractivity (Wildman–Crippen MR) is 161 cm³/mol. The highest BCUT2D eigenvalue weighted by molar-refractivity contribution is 5.99. The molecule has 1 aliphatic heterocycles. The van der Waals surface area contributed by atoms with Gasteiger partial charge in [-0.1, -0.05) is 24.3 Å². The molecule has 0 unspecified atom stereocenters. The lowest BCUT2D eigenvalue weighted by Crippen LogP contribution is -2.37. The fraction of sp³-hybridized carbons (Fsp3) is 0.250. The molecule has 0 N–H and O–H groups in total. The molecule has 3 aromatic heterocycles. The number of carbonyl (C=O) groups excluding carboxylic acids is 1. The van der Waals surface area contributed by atoms with Gasteiger partial charge in [0.1, 0.15) is 22.9 Å². The number of hydrogen-bond donors (Lipinski definition) is 0. The van der Waals surface area contributed by atoms with E-state index in [1.807, 2.05) is 0 Å². The number of aromatic nitrogens is 5. The molecule has 230 valence electrons. The SMILES string of the molecule is COc1nc(N(C)[C@@H]2CCN(C(=O)/C(F)=C/c3cc(C)nc(C)n3)C2)c2cnc(-c3cccc4ccc(F)c(F)c34)c(F)c2n1. The number of methoxy groups -OCH3 is 1. The van der Waals surface area contributed by atoms with Gasteiger partial charge in [0, 0.05) is 55.1 Å². The fourth-order valence-electron chi connectivity index (χ4n) is 5.65. The molecule has 1 atom stereocenters. The van der Waals surface area contributed by atoms with Gasteiger partial charge in [-0.15, -0.1) is 0 Å². The Morgan fingerprint density at radius 1 is 1.07 bits per heavy atom. The van der Waals surface area contributed by atoms with E-state index in [0.29, 0.717) is 29.0 Å². The summed E-state index contributed by atoms with van der Waals surface area (Å²) in [5, 5.41) is 0.502. The zero-order valence-corrected chi connectivity index (χ0v) is 24.8. The molecule has 4 heterocycles. The summed E-state index contributed by atoms with van der Waals surface area (Å²) in [6.45, 7) is 3.88. The van der Waals surface area contributed by atoms with Crippen LogP contribution in [0, 0.1) is 31.3 Å². The first-order valence-corrected chi connectivity index (χ1v) is 14.0. The Balaban J connectivity index is 1.33. The molecular formula is C32H27F4N7O2. The molecule has 1 amide bonds. The molecule has 0 aliphatic carbocycles. The highest BCUT2D eigenvalue weighted by Gasteiger charge is 2.33. The first kappa shape index (κ1) is 29.9. The minimum atomic E-state index is -1.11. The van der Waals surface area contributed by atoms with Crippen LogP contribution < -0.4 is 9.64 Å². The zero-order valence-electron chi connectivity index (χ0n) is 24.8. The molecular weight excluding hydrogens is 590 g/mol. The minimum Gasteiger partial charge on any atom is -0.467 e. The lowest BCUT2D eigenvalue weighted by atomic mass is 10.00. The van der Waals surface area contributed by atoms with Crippen LogP contribution in [-0.2, 0) is 4.79 Å². The number of pyridine rings is 1. The van der Waals surface area contributed by atoms with E-state index >= 15 is 4.39 Å². The average Bonchev–Trinajstić information content (AvgIpc) is 3.51. The largest absolute Gasteiger partial charge is 0.467 e. The average molecular weight is 618 g/mol. The van der Waals surface area contributed by atoms with Crippen LogP contribution in [0.2, 0.25) is 0 Å². The highest BCUT2D eigenvalue weighted by atomic mass is 19.2. The first-order chi connectivity index (χ1) is 21.5. The zero-order chi connectivity index (χ0) is 32.0. The van der Waals surface area contributed by atoms with Gasteiger partial charge in [0.15, 0.2) is 23.3 Å². The number of likely N-dealkylation sites (tertiary alicyclic amines) is 1. The molecule has 1 fully saturated rings. The molecule has 1 aliphatic rings. The second-order valence-electron chi connectivity index (χ2n) is 10.8. The molecule has 13 heteroatoms. The van der Waals surface area contributed by atoms with Gasteiger partial charge < -0.3 is 14.5 Å². The van der Waals surface area contributed by atoms with Crippen molar-refractivity contribution in [2.45, 2.75) is 26.3 Å². The number of amides is 1. The molecule has 0 spiro atoms. The molecule has 5 aromatic rings. The van der Waals surface area contributed by atoms with Crippen LogP contribution in [0.15, 0.2) is 48.4 Å². The first-order valence-electron chi connectivity index (χ1n) is 14.0. The molecule has 9 nitrogen and oxygen atoms in total. The van der Waals surface area contributed by atoms with Crippen LogP contribution in [0.1, 0.15) is 23.6 Å². The molecule has 1 saturated heterocycles. The third kappa shape index (κ3) is 5.49. The Bertz CT molecular complexity index is 2000. The topological polar surface area (TPSA) is 97.2 Å². The van der Waals surface area contributed by atoms with Crippen molar-refractivity contribution in [2.24, 2.45) is 0 Å². The van der Waals surface area contributed by atoms with Crippen molar-refractivity contribution in [1.29, 1.82) is 0 Å². The van der Waals surface area contributed by atoms with E-state index in [2.05, 4.69) is 24.9 Å². The number of ether oxygens (including phenoxy) is 1. The third-order valence-corrected chi connectivity index (χ3v) is 7.81. The van der Waals surface area contributed by atoms with E-state index in [-0.39, 0.29) is 58.5 Å². The molecule has 45 heavy (non-hydrogen) atoms. The summed E-state index contributed by atoms with van der Waals surface area (Å²) in [5.74, 6) is -4.04. The number of carbonyl (C=O) groups is 1. The van der Waals surface area contributed by atoms with Gasteiger partial charge in [-0.2, -0.15) is 9.97 Å².